The lowest BCUT2D eigenvalue weighted by molar-refractivity contribution is 1.16. The monoisotopic (exact) mass is 263 g/mol. The first-order chi connectivity index (χ1) is 8.11. The van der Waals surface area contributed by atoms with Crippen molar-refractivity contribution >= 4 is 23.2 Å². The zero-order valence-electron chi connectivity index (χ0n) is 8.91. The Labute approximate surface area is 109 Å². The van der Waals surface area contributed by atoms with Gasteiger partial charge in [-0.05, 0) is 18.5 Å². The maximum atomic E-state index is 9.05. The Balaban J connectivity index is 2.66. The molecule has 84 valence electrons. The van der Waals surface area contributed by atoms with E-state index in [1.807, 2.05) is 37.3 Å². The van der Waals surface area contributed by atoms with E-state index in [2.05, 4.69) is 9.97 Å². The van der Waals surface area contributed by atoms with Crippen molar-refractivity contribution in [3.05, 3.63) is 45.8 Å². The van der Waals surface area contributed by atoms with Crippen LogP contribution in [0, 0.1) is 18.3 Å². The average molecular weight is 264 g/mol. The highest BCUT2D eigenvalue weighted by molar-refractivity contribution is 6.33. The number of benzene rings is 1. The SMILES string of the molecule is Cc1ccc(-c2nc(Cl)nc(Cl)c2C#N)cc1. The van der Waals surface area contributed by atoms with Gasteiger partial charge in [-0.2, -0.15) is 5.26 Å². The van der Waals surface area contributed by atoms with Gasteiger partial charge in [0.25, 0.3) is 0 Å². The van der Waals surface area contributed by atoms with Crippen molar-refractivity contribution < 1.29 is 0 Å². The molecule has 0 aliphatic carbocycles. The molecule has 1 aromatic carbocycles. The molecule has 0 radical (unpaired) electrons. The molecule has 0 spiro atoms. The summed E-state index contributed by atoms with van der Waals surface area (Å²) in [7, 11) is 0. The summed E-state index contributed by atoms with van der Waals surface area (Å²) in [5, 5.41) is 9.15. The number of aryl methyl sites for hydroxylation is 1. The van der Waals surface area contributed by atoms with Crippen LogP contribution in [-0.4, -0.2) is 9.97 Å². The van der Waals surface area contributed by atoms with Gasteiger partial charge >= 0.3 is 0 Å². The highest BCUT2D eigenvalue weighted by atomic mass is 35.5. The molecule has 0 aliphatic rings. The summed E-state index contributed by atoms with van der Waals surface area (Å²) in [4.78, 5) is 7.80. The minimum Gasteiger partial charge on any atom is -0.216 e. The second-order valence-electron chi connectivity index (χ2n) is 3.48. The molecule has 1 aromatic heterocycles. The topological polar surface area (TPSA) is 49.6 Å². The molecule has 3 nitrogen and oxygen atoms in total. The molecular formula is C12H7Cl2N3. The van der Waals surface area contributed by atoms with Crippen LogP contribution in [0.1, 0.15) is 11.1 Å². The number of nitriles is 1. The molecule has 2 aromatic rings. The molecule has 0 aliphatic heterocycles. The number of hydrogen-bond acceptors (Lipinski definition) is 3. The van der Waals surface area contributed by atoms with E-state index in [1.165, 1.54) is 0 Å². The summed E-state index contributed by atoms with van der Waals surface area (Å²) in [5.74, 6) is 0. The predicted molar refractivity (Wildman–Crippen MR) is 66.9 cm³/mol. The first-order valence-electron chi connectivity index (χ1n) is 4.82. The third-order valence-corrected chi connectivity index (χ3v) is 2.72. The van der Waals surface area contributed by atoms with Gasteiger partial charge in [0.1, 0.15) is 11.6 Å². The Hall–Kier alpha value is -1.63. The standard InChI is InChI=1S/C12H7Cl2N3/c1-7-2-4-8(5-3-7)10-9(6-15)11(13)17-12(14)16-10/h2-5H,1H3. The molecule has 0 atom stereocenters. The number of aromatic nitrogens is 2. The minimum atomic E-state index is 0.0320. The molecule has 0 N–H and O–H groups in total. The van der Waals surface area contributed by atoms with Gasteiger partial charge in [-0.3, -0.25) is 0 Å². The van der Waals surface area contributed by atoms with Crippen LogP contribution in [0.25, 0.3) is 11.3 Å². The van der Waals surface area contributed by atoms with Crippen LogP contribution < -0.4 is 0 Å². The normalized spacial score (nSPS) is 10.0. The molecule has 0 saturated carbocycles. The first-order valence-corrected chi connectivity index (χ1v) is 5.57. The second kappa shape index (κ2) is 4.70. The fourth-order valence-corrected chi connectivity index (χ4v) is 1.85. The largest absolute Gasteiger partial charge is 0.224 e. The van der Waals surface area contributed by atoms with Crippen LogP contribution >= 0.6 is 23.2 Å². The van der Waals surface area contributed by atoms with Gasteiger partial charge in [0, 0.05) is 5.56 Å². The van der Waals surface area contributed by atoms with Crippen LogP contribution in [-0.2, 0) is 0 Å². The van der Waals surface area contributed by atoms with Gasteiger partial charge in [-0.1, -0.05) is 41.4 Å². The van der Waals surface area contributed by atoms with Crippen molar-refractivity contribution in [3.63, 3.8) is 0 Å². The highest BCUT2D eigenvalue weighted by Gasteiger charge is 2.13. The van der Waals surface area contributed by atoms with Gasteiger partial charge in [0.05, 0.1) is 5.69 Å². The highest BCUT2D eigenvalue weighted by Crippen LogP contribution is 2.27. The van der Waals surface area contributed by atoms with E-state index in [1.54, 1.807) is 0 Å². The number of halogens is 2. The third-order valence-electron chi connectivity index (χ3n) is 2.27. The lowest BCUT2D eigenvalue weighted by atomic mass is 10.1. The van der Waals surface area contributed by atoms with E-state index in [0.29, 0.717) is 5.69 Å². The van der Waals surface area contributed by atoms with Crippen LogP contribution in [0.15, 0.2) is 24.3 Å². The Bertz CT molecular complexity index is 600. The van der Waals surface area contributed by atoms with E-state index in [4.69, 9.17) is 28.5 Å². The van der Waals surface area contributed by atoms with Crippen LogP contribution in [0.5, 0.6) is 0 Å². The number of hydrogen-bond donors (Lipinski definition) is 0. The molecule has 0 amide bonds. The van der Waals surface area contributed by atoms with Crippen LogP contribution in [0.2, 0.25) is 10.4 Å². The van der Waals surface area contributed by atoms with Crippen molar-refractivity contribution in [1.29, 1.82) is 5.26 Å². The number of nitrogens with zero attached hydrogens (tertiary/aromatic N) is 3. The van der Waals surface area contributed by atoms with Gasteiger partial charge in [-0.15, -0.1) is 0 Å². The maximum Gasteiger partial charge on any atom is 0.224 e. The van der Waals surface area contributed by atoms with Gasteiger partial charge in [0.2, 0.25) is 5.28 Å². The smallest absolute Gasteiger partial charge is 0.216 e. The van der Waals surface area contributed by atoms with Gasteiger partial charge in [0.15, 0.2) is 5.15 Å². The van der Waals surface area contributed by atoms with E-state index in [0.717, 1.165) is 11.1 Å². The number of rotatable bonds is 1. The molecule has 1 heterocycles. The summed E-state index contributed by atoms with van der Waals surface area (Å²) in [5.41, 5.74) is 2.61. The van der Waals surface area contributed by atoms with Crippen molar-refractivity contribution in [3.8, 4) is 17.3 Å². The summed E-state index contributed by atoms with van der Waals surface area (Å²) < 4.78 is 0. The third kappa shape index (κ3) is 2.38. The zero-order chi connectivity index (χ0) is 12.4. The minimum absolute atomic E-state index is 0.0320. The predicted octanol–water partition coefficient (Wildman–Crippen LogP) is 3.63. The maximum absolute atomic E-state index is 9.05. The Morgan fingerprint density at radius 2 is 1.76 bits per heavy atom. The van der Waals surface area contributed by atoms with E-state index >= 15 is 0 Å². The first kappa shape index (κ1) is 11.8. The lowest BCUT2D eigenvalue weighted by Gasteiger charge is -2.05. The van der Waals surface area contributed by atoms with Crippen molar-refractivity contribution in [2.24, 2.45) is 0 Å². The van der Waals surface area contributed by atoms with E-state index in [-0.39, 0.29) is 16.0 Å². The quantitative estimate of drug-likeness (QED) is 0.583. The fourth-order valence-electron chi connectivity index (χ4n) is 1.43. The Morgan fingerprint density at radius 1 is 1.12 bits per heavy atom. The Kier molecular flexibility index (Phi) is 3.28. The molecule has 0 bridgehead atoms. The molecule has 0 fully saturated rings. The summed E-state index contributed by atoms with van der Waals surface area (Å²) in [6.45, 7) is 1.98. The average Bonchev–Trinajstić information content (AvgIpc) is 2.29. The van der Waals surface area contributed by atoms with Gasteiger partial charge in [-0.25, -0.2) is 9.97 Å². The van der Waals surface area contributed by atoms with Crippen molar-refractivity contribution in [2.45, 2.75) is 6.92 Å². The molecule has 5 heteroatoms. The van der Waals surface area contributed by atoms with E-state index in [9.17, 15) is 0 Å². The van der Waals surface area contributed by atoms with Crippen molar-refractivity contribution in [1.82, 2.24) is 9.97 Å². The zero-order valence-corrected chi connectivity index (χ0v) is 10.4. The summed E-state index contributed by atoms with van der Waals surface area (Å²) >= 11 is 11.6. The van der Waals surface area contributed by atoms with Crippen molar-refractivity contribution in [2.75, 3.05) is 0 Å². The van der Waals surface area contributed by atoms with E-state index < -0.39 is 0 Å². The Morgan fingerprint density at radius 3 is 2.35 bits per heavy atom. The molecule has 2 rings (SSSR count). The lowest BCUT2D eigenvalue weighted by Crippen LogP contribution is -1.94. The molecule has 0 saturated heterocycles. The molecule has 17 heavy (non-hydrogen) atoms. The fraction of sp³-hybridized carbons (Fsp3) is 0.0833. The summed E-state index contributed by atoms with van der Waals surface area (Å²) in [6, 6.07) is 9.58. The summed E-state index contributed by atoms with van der Waals surface area (Å²) in [6.07, 6.45) is 0. The molecular weight excluding hydrogens is 257 g/mol. The van der Waals surface area contributed by atoms with Crippen LogP contribution in [0.4, 0.5) is 0 Å². The molecule has 0 unspecified atom stereocenters. The van der Waals surface area contributed by atoms with Crippen LogP contribution in [0.3, 0.4) is 0 Å². The van der Waals surface area contributed by atoms with Gasteiger partial charge < -0.3 is 0 Å². The second-order valence-corrected chi connectivity index (χ2v) is 4.18.